The molecular formula is C73H143N2O7P. The monoisotopic (exact) mass is 1190 g/mol. The van der Waals surface area contributed by atoms with Crippen LogP contribution in [0.15, 0.2) is 24.3 Å². The molecule has 1 N–H and O–H groups in total. The normalized spacial score (nSPS) is 13.6. The van der Waals surface area contributed by atoms with E-state index in [9.17, 15) is 19.0 Å². The summed E-state index contributed by atoms with van der Waals surface area (Å²) in [5.74, 6) is -0.516. The molecule has 492 valence electrons. The van der Waals surface area contributed by atoms with E-state index < -0.39 is 20.0 Å². The van der Waals surface area contributed by atoms with E-state index in [1.807, 2.05) is 33.3 Å². The Morgan fingerprint density at radius 1 is 0.410 bits per heavy atom. The first-order valence-electron chi connectivity index (χ1n) is 36.6. The number of quaternary nitrogens is 1. The number of rotatable bonds is 68. The predicted octanol–water partition coefficient (Wildman–Crippen LogP) is 22.6. The number of unbranched alkanes of at least 4 members (excludes halogenated alkanes) is 50. The summed E-state index contributed by atoms with van der Waals surface area (Å²) < 4.78 is 30.5. The number of allylic oxidation sites excluding steroid dienone is 3. The van der Waals surface area contributed by atoms with E-state index in [0.29, 0.717) is 17.4 Å². The van der Waals surface area contributed by atoms with E-state index in [1.54, 1.807) is 0 Å². The molecule has 0 aliphatic carbocycles. The van der Waals surface area contributed by atoms with Crippen molar-refractivity contribution >= 4 is 19.7 Å². The van der Waals surface area contributed by atoms with Gasteiger partial charge in [0.05, 0.1) is 33.8 Å². The maximum atomic E-state index is 13.6. The summed E-state index contributed by atoms with van der Waals surface area (Å²) in [5, 5.41) is 3.05. The van der Waals surface area contributed by atoms with Crippen molar-refractivity contribution in [2.45, 2.75) is 392 Å². The quantitative estimate of drug-likeness (QED) is 0.0212. The van der Waals surface area contributed by atoms with Crippen molar-refractivity contribution in [3.05, 3.63) is 24.3 Å². The van der Waals surface area contributed by atoms with Crippen LogP contribution < -0.4 is 10.2 Å². The Morgan fingerprint density at radius 3 is 1.02 bits per heavy atom. The molecule has 0 aromatic carbocycles. The van der Waals surface area contributed by atoms with Crippen molar-refractivity contribution in [3.8, 4) is 0 Å². The van der Waals surface area contributed by atoms with Crippen molar-refractivity contribution in [3.63, 3.8) is 0 Å². The van der Waals surface area contributed by atoms with Crippen LogP contribution in [-0.4, -0.2) is 69.4 Å². The smallest absolute Gasteiger partial charge is 0.306 e. The van der Waals surface area contributed by atoms with Crippen molar-refractivity contribution in [1.29, 1.82) is 0 Å². The van der Waals surface area contributed by atoms with Crippen molar-refractivity contribution < 1.29 is 37.3 Å². The summed E-state index contributed by atoms with van der Waals surface area (Å²) in [4.78, 5) is 40.2. The number of hydrogen-bond acceptors (Lipinski definition) is 7. The molecule has 0 heterocycles. The third-order valence-corrected chi connectivity index (χ3v) is 17.8. The number of carbonyl (C=O) groups is 2. The molecule has 0 rings (SSSR count). The van der Waals surface area contributed by atoms with Crippen LogP contribution in [0.3, 0.4) is 0 Å². The van der Waals surface area contributed by atoms with Gasteiger partial charge in [0.25, 0.3) is 7.82 Å². The fraction of sp³-hybridized carbons (Fsp3) is 0.918. The number of hydrogen-bond donors (Lipinski definition) is 1. The molecule has 1 amide bonds. The Balaban J connectivity index is 4.91. The first kappa shape index (κ1) is 81.5. The summed E-state index contributed by atoms with van der Waals surface area (Å²) >= 11 is 0. The van der Waals surface area contributed by atoms with Gasteiger partial charge in [-0.1, -0.05) is 334 Å². The van der Waals surface area contributed by atoms with E-state index in [1.165, 1.54) is 289 Å². The van der Waals surface area contributed by atoms with Crippen molar-refractivity contribution in [2.75, 3.05) is 40.9 Å². The molecule has 9 nitrogen and oxygen atoms in total. The molecule has 0 saturated heterocycles. The lowest BCUT2D eigenvalue weighted by Crippen LogP contribution is -2.47. The molecular weight excluding hydrogens is 1050 g/mol. The van der Waals surface area contributed by atoms with Gasteiger partial charge in [-0.2, -0.15) is 0 Å². The Kier molecular flexibility index (Phi) is 62.4. The Morgan fingerprint density at radius 2 is 0.699 bits per heavy atom. The van der Waals surface area contributed by atoms with Crippen LogP contribution in [-0.2, 0) is 27.9 Å². The summed E-state index contributed by atoms with van der Waals surface area (Å²) in [6, 6.07) is -0.882. The molecule has 0 aliphatic heterocycles. The second-order valence-electron chi connectivity index (χ2n) is 26.5. The van der Waals surface area contributed by atoms with E-state index >= 15 is 0 Å². The van der Waals surface area contributed by atoms with Crippen LogP contribution in [0.2, 0.25) is 0 Å². The third-order valence-electron chi connectivity index (χ3n) is 16.9. The average Bonchev–Trinajstić information content (AvgIpc) is 3.51. The van der Waals surface area contributed by atoms with Crippen LogP contribution in [0, 0.1) is 0 Å². The molecule has 0 spiro atoms. The van der Waals surface area contributed by atoms with Gasteiger partial charge in [0.2, 0.25) is 5.91 Å². The van der Waals surface area contributed by atoms with Gasteiger partial charge in [-0.05, 0) is 57.4 Å². The number of carbonyl (C=O) groups excluding carboxylic acids is 2. The van der Waals surface area contributed by atoms with Gasteiger partial charge in [0.15, 0.2) is 0 Å². The molecule has 83 heavy (non-hydrogen) atoms. The predicted molar refractivity (Wildman–Crippen MR) is 358 cm³/mol. The first-order chi connectivity index (χ1) is 40.4. The fourth-order valence-corrected chi connectivity index (χ4v) is 12.0. The van der Waals surface area contributed by atoms with E-state index in [-0.39, 0.29) is 31.5 Å². The Bertz CT molecular complexity index is 1470. The number of nitrogens with zero attached hydrogens (tertiary/aromatic N) is 1. The number of esters is 1. The minimum Gasteiger partial charge on any atom is -0.756 e. The third kappa shape index (κ3) is 64.8. The Labute approximate surface area is 517 Å². The highest BCUT2D eigenvalue weighted by Gasteiger charge is 2.27. The zero-order chi connectivity index (χ0) is 60.7. The molecule has 3 unspecified atom stereocenters. The Hall–Kier alpha value is -1.51. The molecule has 0 fully saturated rings. The summed E-state index contributed by atoms with van der Waals surface area (Å²) in [6.45, 7) is 6.91. The van der Waals surface area contributed by atoms with Gasteiger partial charge in [-0.25, -0.2) is 0 Å². The minimum absolute atomic E-state index is 0.0177. The highest BCUT2D eigenvalue weighted by Crippen LogP contribution is 2.38. The first-order valence-corrected chi connectivity index (χ1v) is 38.1. The van der Waals surface area contributed by atoms with Gasteiger partial charge in [-0.3, -0.25) is 14.2 Å². The fourth-order valence-electron chi connectivity index (χ4n) is 11.2. The minimum atomic E-state index is -4.70. The number of phosphoric acid groups is 1. The highest BCUT2D eigenvalue weighted by molar-refractivity contribution is 7.45. The molecule has 0 saturated carbocycles. The van der Waals surface area contributed by atoms with Gasteiger partial charge in [-0.15, -0.1) is 0 Å². The maximum absolute atomic E-state index is 13.6. The van der Waals surface area contributed by atoms with Crippen LogP contribution in [0.25, 0.3) is 0 Å². The lowest BCUT2D eigenvalue weighted by Gasteiger charge is -2.30. The SMILES string of the molecule is CCCCCCCC/C=C/CCCCCCCCCCCCCCCCCCCC(=O)NC(COP(=O)([O-])OCC[N+](C)(C)C)C(/C=C\CCCCCCCCCCC)OC(=O)CCCCCCCCCCCCCCCCCCCCC. The molecule has 0 radical (unpaired) electrons. The molecule has 0 aromatic rings. The van der Waals surface area contributed by atoms with Crippen LogP contribution in [0.1, 0.15) is 380 Å². The van der Waals surface area contributed by atoms with Crippen LogP contribution in [0.4, 0.5) is 0 Å². The molecule has 0 aliphatic rings. The number of amides is 1. The summed E-state index contributed by atoms with van der Waals surface area (Å²) in [7, 11) is 1.21. The van der Waals surface area contributed by atoms with Gasteiger partial charge < -0.3 is 28.5 Å². The van der Waals surface area contributed by atoms with Crippen molar-refractivity contribution in [1.82, 2.24) is 5.32 Å². The number of likely N-dealkylation sites (N-methyl/N-ethyl adjacent to an activating group) is 1. The number of phosphoric ester groups is 1. The zero-order valence-corrected chi connectivity index (χ0v) is 57.3. The lowest BCUT2D eigenvalue weighted by atomic mass is 10.0. The molecule has 0 aromatic heterocycles. The van der Waals surface area contributed by atoms with E-state index in [0.717, 1.165) is 57.8 Å². The second-order valence-corrected chi connectivity index (χ2v) is 27.9. The van der Waals surface area contributed by atoms with Crippen molar-refractivity contribution in [2.24, 2.45) is 0 Å². The summed E-state index contributed by atoms with van der Waals surface area (Å²) in [5.41, 5.74) is 0. The molecule has 0 bridgehead atoms. The highest BCUT2D eigenvalue weighted by atomic mass is 31.2. The second kappa shape index (κ2) is 63.5. The van der Waals surface area contributed by atoms with Crippen LogP contribution >= 0.6 is 7.82 Å². The average molecular weight is 1190 g/mol. The van der Waals surface area contributed by atoms with Crippen LogP contribution in [0.5, 0.6) is 0 Å². The van der Waals surface area contributed by atoms with Gasteiger partial charge >= 0.3 is 5.97 Å². The summed E-state index contributed by atoms with van der Waals surface area (Å²) in [6.07, 6.45) is 77.4. The van der Waals surface area contributed by atoms with E-state index in [4.69, 9.17) is 13.8 Å². The zero-order valence-electron chi connectivity index (χ0n) is 56.4. The molecule has 10 heteroatoms. The van der Waals surface area contributed by atoms with Gasteiger partial charge in [0.1, 0.15) is 19.3 Å². The number of ether oxygens (including phenoxy) is 1. The molecule has 3 atom stereocenters. The van der Waals surface area contributed by atoms with Gasteiger partial charge in [0, 0.05) is 12.8 Å². The topological polar surface area (TPSA) is 114 Å². The van der Waals surface area contributed by atoms with E-state index in [2.05, 4.69) is 38.2 Å². The largest absolute Gasteiger partial charge is 0.756 e. The lowest BCUT2D eigenvalue weighted by molar-refractivity contribution is -0.870. The number of nitrogens with one attached hydrogen (secondary N) is 1. The standard InChI is InChI=1S/C73H143N2O7P/c1-7-10-13-16-19-22-25-27-29-31-33-34-35-36-37-38-39-40-42-43-45-47-50-53-56-59-62-65-72(76)74-70(69-81-83(78,79)80-68-67-75(4,5)6)71(64-61-58-55-52-49-24-21-18-15-12-9-3)82-73(77)66-63-60-57-54-51-48-46-44-41-32-30-28-26-23-20-17-14-11-8-2/h27,29,61,64,70-71H,7-26,28,30-60,62-63,65-69H2,1-6H3,(H-,74,76,78,79)/b29-27+,64-61-. The maximum Gasteiger partial charge on any atom is 0.306 e.